The van der Waals surface area contributed by atoms with Crippen LogP contribution < -0.4 is 10.2 Å². The number of hydrogen-bond acceptors (Lipinski definition) is 2. The zero-order valence-electron chi connectivity index (χ0n) is 12.1. The Kier molecular flexibility index (Phi) is 5.13. The summed E-state index contributed by atoms with van der Waals surface area (Å²) in [5.74, 6) is -0.166. The molecule has 0 heterocycles. The van der Waals surface area contributed by atoms with Crippen molar-refractivity contribution in [3.63, 3.8) is 0 Å². The Bertz CT molecular complexity index is 554. The largest absolute Gasteiger partial charge is 0.365 e. The van der Waals surface area contributed by atoms with Crippen LogP contribution in [0, 0.1) is 5.82 Å². The van der Waals surface area contributed by atoms with Gasteiger partial charge in [0.2, 0.25) is 0 Å². The number of halogens is 1. The van der Waals surface area contributed by atoms with Gasteiger partial charge < -0.3 is 10.2 Å². The fourth-order valence-corrected chi connectivity index (χ4v) is 2.36. The fraction of sp³-hybridized carbons (Fsp3) is 0.294. The molecule has 0 radical (unpaired) electrons. The van der Waals surface area contributed by atoms with Gasteiger partial charge in [0.15, 0.2) is 0 Å². The average Bonchev–Trinajstić information content (AvgIpc) is 2.47. The molecule has 2 nitrogen and oxygen atoms in total. The van der Waals surface area contributed by atoms with E-state index in [0.717, 1.165) is 19.6 Å². The highest BCUT2D eigenvalue weighted by Gasteiger charge is 2.11. The van der Waals surface area contributed by atoms with E-state index < -0.39 is 0 Å². The lowest BCUT2D eigenvalue weighted by Gasteiger charge is -2.25. The van der Waals surface area contributed by atoms with Crippen LogP contribution in [-0.2, 0) is 13.1 Å². The lowest BCUT2D eigenvalue weighted by molar-refractivity contribution is 0.617. The number of nitrogens with zero attached hydrogens (tertiary/aromatic N) is 1. The highest BCUT2D eigenvalue weighted by molar-refractivity contribution is 5.48. The van der Waals surface area contributed by atoms with Crippen molar-refractivity contribution in [2.24, 2.45) is 0 Å². The highest BCUT2D eigenvalue weighted by atomic mass is 19.1. The Morgan fingerprint density at radius 3 is 2.30 bits per heavy atom. The number of nitrogens with one attached hydrogen (secondary N) is 1. The minimum absolute atomic E-state index is 0.166. The molecule has 0 fully saturated rings. The third-order valence-corrected chi connectivity index (χ3v) is 3.42. The maximum absolute atomic E-state index is 13.9. The SMILES string of the molecule is CCN(Cc1ccccc1CNC)c1ccccc1F. The van der Waals surface area contributed by atoms with E-state index in [0.29, 0.717) is 5.69 Å². The molecule has 2 rings (SSSR count). The molecular weight excluding hydrogens is 251 g/mol. The Morgan fingerprint density at radius 2 is 1.65 bits per heavy atom. The van der Waals surface area contributed by atoms with Gasteiger partial charge in [-0.2, -0.15) is 0 Å². The first-order valence-corrected chi connectivity index (χ1v) is 6.97. The van der Waals surface area contributed by atoms with Gasteiger partial charge in [0.05, 0.1) is 5.69 Å². The summed E-state index contributed by atoms with van der Waals surface area (Å²) >= 11 is 0. The maximum atomic E-state index is 13.9. The van der Waals surface area contributed by atoms with Crippen molar-refractivity contribution in [2.45, 2.75) is 20.0 Å². The molecule has 0 saturated heterocycles. The standard InChI is InChI=1S/C17H21FN2/c1-3-20(17-11-7-6-10-16(17)18)13-15-9-5-4-8-14(15)12-19-2/h4-11,19H,3,12-13H2,1-2H3. The van der Waals surface area contributed by atoms with E-state index in [1.54, 1.807) is 6.07 Å². The topological polar surface area (TPSA) is 15.3 Å². The van der Waals surface area contributed by atoms with Gasteiger partial charge in [0.25, 0.3) is 0 Å². The van der Waals surface area contributed by atoms with Crippen LogP contribution in [0.2, 0.25) is 0 Å². The average molecular weight is 272 g/mol. The normalized spacial score (nSPS) is 10.6. The molecule has 0 aliphatic rings. The summed E-state index contributed by atoms with van der Waals surface area (Å²) in [4.78, 5) is 2.06. The first-order chi connectivity index (χ1) is 9.76. The van der Waals surface area contributed by atoms with E-state index in [1.165, 1.54) is 17.2 Å². The van der Waals surface area contributed by atoms with Crippen LogP contribution in [0.15, 0.2) is 48.5 Å². The zero-order chi connectivity index (χ0) is 14.4. The van der Waals surface area contributed by atoms with Crippen molar-refractivity contribution in [1.29, 1.82) is 0 Å². The van der Waals surface area contributed by atoms with Gasteiger partial charge in [-0.3, -0.25) is 0 Å². The second-order valence-electron chi connectivity index (χ2n) is 4.76. The molecule has 2 aromatic carbocycles. The van der Waals surface area contributed by atoms with Crippen LogP contribution in [0.5, 0.6) is 0 Å². The Labute approximate surface area is 120 Å². The Balaban J connectivity index is 2.25. The van der Waals surface area contributed by atoms with Gasteiger partial charge >= 0.3 is 0 Å². The predicted octanol–water partition coefficient (Wildman–Crippen LogP) is 3.57. The number of para-hydroxylation sites is 1. The molecule has 20 heavy (non-hydrogen) atoms. The van der Waals surface area contributed by atoms with E-state index in [4.69, 9.17) is 0 Å². The molecular formula is C17H21FN2. The third-order valence-electron chi connectivity index (χ3n) is 3.42. The smallest absolute Gasteiger partial charge is 0.146 e. The van der Waals surface area contributed by atoms with Gasteiger partial charge in [0, 0.05) is 19.6 Å². The highest BCUT2D eigenvalue weighted by Crippen LogP contribution is 2.22. The summed E-state index contributed by atoms with van der Waals surface area (Å²) in [5.41, 5.74) is 3.14. The molecule has 0 aliphatic heterocycles. The summed E-state index contributed by atoms with van der Waals surface area (Å²) in [7, 11) is 1.94. The lowest BCUT2D eigenvalue weighted by atomic mass is 10.1. The van der Waals surface area contributed by atoms with Gasteiger partial charge in [-0.1, -0.05) is 36.4 Å². The predicted molar refractivity (Wildman–Crippen MR) is 82.3 cm³/mol. The molecule has 0 aromatic heterocycles. The van der Waals surface area contributed by atoms with Crippen LogP contribution in [0.4, 0.5) is 10.1 Å². The zero-order valence-corrected chi connectivity index (χ0v) is 12.1. The molecule has 0 atom stereocenters. The molecule has 106 valence electrons. The first-order valence-electron chi connectivity index (χ1n) is 6.97. The van der Waals surface area contributed by atoms with Crippen molar-refractivity contribution in [3.05, 3.63) is 65.5 Å². The van der Waals surface area contributed by atoms with Gasteiger partial charge in [-0.15, -0.1) is 0 Å². The first kappa shape index (κ1) is 14.5. The third kappa shape index (κ3) is 3.36. The summed E-state index contributed by atoms with van der Waals surface area (Å²) in [5, 5.41) is 3.17. The van der Waals surface area contributed by atoms with Crippen LogP contribution in [0.3, 0.4) is 0 Å². The lowest BCUT2D eigenvalue weighted by Crippen LogP contribution is -2.24. The van der Waals surface area contributed by atoms with Gasteiger partial charge in [-0.25, -0.2) is 4.39 Å². The molecule has 0 aliphatic carbocycles. The summed E-state index contributed by atoms with van der Waals surface area (Å²) < 4.78 is 13.9. The molecule has 0 saturated carbocycles. The fourth-order valence-electron chi connectivity index (χ4n) is 2.36. The monoisotopic (exact) mass is 272 g/mol. The summed E-state index contributed by atoms with van der Waals surface area (Å²) in [6, 6.07) is 15.2. The minimum Gasteiger partial charge on any atom is -0.365 e. The second kappa shape index (κ2) is 7.06. The van der Waals surface area contributed by atoms with Gasteiger partial charge in [-0.05, 0) is 37.2 Å². The van der Waals surface area contributed by atoms with E-state index in [2.05, 4.69) is 22.3 Å². The second-order valence-corrected chi connectivity index (χ2v) is 4.76. The Morgan fingerprint density at radius 1 is 1.00 bits per heavy atom. The van der Waals surface area contributed by atoms with Crippen molar-refractivity contribution in [1.82, 2.24) is 5.32 Å². The van der Waals surface area contributed by atoms with Crippen LogP contribution in [0.1, 0.15) is 18.1 Å². The van der Waals surface area contributed by atoms with Crippen molar-refractivity contribution in [2.75, 3.05) is 18.5 Å². The van der Waals surface area contributed by atoms with Crippen LogP contribution in [-0.4, -0.2) is 13.6 Å². The van der Waals surface area contributed by atoms with Crippen molar-refractivity contribution >= 4 is 5.69 Å². The van der Waals surface area contributed by atoms with Crippen molar-refractivity contribution in [3.8, 4) is 0 Å². The van der Waals surface area contributed by atoms with Gasteiger partial charge in [0.1, 0.15) is 5.82 Å². The van der Waals surface area contributed by atoms with E-state index in [9.17, 15) is 4.39 Å². The van der Waals surface area contributed by atoms with Crippen molar-refractivity contribution < 1.29 is 4.39 Å². The molecule has 0 amide bonds. The maximum Gasteiger partial charge on any atom is 0.146 e. The quantitative estimate of drug-likeness (QED) is 0.865. The summed E-state index contributed by atoms with van der Waals surface area (Å²) in [6.07, 6.45) is 0. The number of benzene rings is 2. The van der Waals surface area contributed by atoms with Crippen LogP contribution in [0.25, 0.3) is 0 Å². The number of anilines is 1. The molecule has 0 spiro atoms. The molecule has 1 N–H and O–H groups in total. The van der Waals surface area contributed by atoms with E-state index in [1.807, 2.05) is 38.2 Å². The molecule has 3 heteroatoms. The summed E-state index contributed by atoms with van der Waals surface area (Å²) in [6.45, 7) is 4.36. The van der Waals surface area contributed by atoms with E-state index >= 15 is 0 Å². The van der Waals surface area contributed by atoms with Crippen LogP contribution >= 0.6 is 0 Å². The molecule has 0 bridgehead atoms. The number of hydrogen-bond donors (Lipinski definition) is 1. The molecule has 2 aromatic rings. The minimum atomic E-state index is -0.166. The molecule has 0 unspecified atom stereocenters. The van der Waals surface area contributed by atoms with E-state index in [-0.39, 0.29) is 5.82 Å². The Hall–Kier alpha value is -1.87. The number of rotatable bonds is 6.